The maximum absolute atomic E-state index is 11.2. The predicted octanol–water partition coefficient (Wildman–Crippen LogP) is 2.72. The van der Waals surface area contributed by atoms with Crippen LogP contribution < -0.4 is 0 Å². The smallest absolute Gasteiger partial charge is 0.333 e. The number of rotatable bonds is 9. The summed E-state index contributed by atoms with van der Waals surface area (Å²) in [7, 11) is 1.72. The molecular formula is C18H33NO5. The monoisotopic (exact) mass is 343 g/mol. The van der Waals surface area contributed by atoms with Gasteiger partial charge in [0, 0.05) is 16.7 Å². The quantitative estimate of drug-likeness (QED) is 0.364. The first-order valence-electron chi connectivity index (χ1n) is 8.46. The number of ether oxygens (including phenoxy) is 3. The largest absolute Gasteiger partial charge is 0.460 e. The Morgan fingerprint density at radius 3 is 2.12 bits per heavy atom. The average Bonchev–Trinajstić information content (AvgIpc) is 2.43. The van der Waals surface area contributed by atoms with Gasteiger partial charge in [-0.3, -0.25) is 0 Å². The highest BCUT2D eigenvalue weighted by molar-refractivity contribution is 5.86. The van der Waals surface area contributed by atoms with Crippen LogP contribution in [0.5, 0.6) is 0 Å². The third kappa shape index (κ3) is 6.16. The molecule has 0 radical (unpaired) electrons. The number of hydrogen-bond donors (Lipinski definition) is 0. The molecule has 1 aliphatic rings. The summed E-state index contributed by atoms with van der Waals surface area (Å²) in [5, 5.41) is 2.06. The van der Waals surface area contributed by atoms with E-state index < -0.39 is 0 Å². The van der Waals surface area contributed by atoms with Gasteiger partial charge in [0.25, 0.3) is 0 Å². The molecule has 1 saturated heterocycles. The summed E-state index contributed by atoms with van der Waals surface area (Å²) in [6, 6.07) is 0. The van der Waals surface area contributed by atoms with Crippen LogP contribution in [0, 0.1) is 0 Å². The Balaban J connectivity index is 2.24. The van der Waals surface area contributed by atoms with Gasteiger partial charge < -0.3 is 19.0 Å². The molecule has 0 N–H and O–H groups in total. The fourth-order valence-electron chi connectivity index (χ4n) is 3.48. The summed E-state index contributed by atoms with van der Waals surface area (Å²) in [5.74, 6) is -0.385. The number of hydrogen-bond acceptors (Lipinski definition) is 6. The Bertz CT molecular complexity index is 415. The summed E-state index contributed by atoms with van der Waals surface area (Å²) in [6.45, 7) is 15.4. The second-order valence-corrected chi connectivity index (χ2v) is 7.53. The molecule has 0 spiro atoms. The highest BCUT2D eigenvalue weighted by Crippen LogP contribution is 2.39. The molecule has 140 valence electrons. The summed E-state index contributed by atoms with van der Waals surface area (Å²) in [5.41, 5.74) is 0.225. The molecule has 0 unspecified atom stereocenters. The molecule has 0 amide bonds. The lowest BCUT2D eigenvalue weighted by Crippen LogP contribution is -2.61. The summed E-state index contributed by atoms with van der Waals surface area (Å²) in [6.07, 6.45) is 1.98. The molecule has 0 aromatic rings. The molecule has 1 heterocycles. The maximum atomic E-state index is 11.2. The molecule has 1 rings (SSSR count). The number of piperidine rings is 1. The molecule has 0 aliphatic carbocycles. The normalized spacial score (nSPS) is 20.8. The third-order valence-corrected chi connectivity index (χ3v) is 4.13. The third-order valence-electron chi connectivity index (χ3n) is 4.13. The van der Waals surface area contributed by atoms with Gasteiger partial charge in [0.05, 0.1) is 33.0 Å². The fraction of sp³-hybridized carbons (Fsp3) is 0.833. The molecule has 0 aromatic carbocycles. The van der Waals surface area contributed by atoms with Crippen molar-refractivity contribution in [2.75, 3.05) is 33.5 Å². The minimum atomic E-state index is -0.385. The van der Waals surface area contributed by atoms with Crippen LogP contribution >= 0.6 is 0 Å². The Labute approximate surface area is 146 Å². The van der Waals surface area contributed by atoms with Crippen molar-refractivity contribution in [1.82, 2.24) is 5.06 Å². The Kier molecular flexibility index (Phi) is 7.86. The van der Waals surface area contributed by atoms with E-state index in [1.807, 2.05) is 0 Å². The Morgan fingerprint density at radius 1 is 1.08 bits per heavy atom. The molecule has 1 aliphatic heterocycles. The number of hydroxylamine groups is 2. The SMILES string of the molecule is C=C(C)C(=O)OCCOCCOC1CC(C)(C)N(OC)C(C)(C)C1. The van der Waals surface area contributed by atoms with Gasteiger partial charge in [0.15, 0.2) is 0 Å². The van der Waals surface area contributed by atoms with Crippen LogP contribution in [0.1, 0.15) is 47.5 Å². The van der Waals surface area contributed by atoms with E-state index in [1.54, 1.807) is 14.0 Å². The van der Waals surface area contributed by atoms with Crippen molar-refractivity contribution in [2.24, 2.45) is 0 Å². The summed E-state index contributed by atoms with van der Waals surface area (Å²) < 4.78 is 16.4. The van der Waals surface area contributed by atoms with Crippen LogP contribution in [-0.2, 0) is 23.8 Å². The van der Waals surface area contributed by atoms with Crippen LogP contribution in [-0.4, -0.2) is 61.8 Å². The van der Waals surface area contributed by atoms with E-state index in [2.05, 4.69) is 39.3 Å². The molecule has 24 heavy (non-hydrogen) atoms. The summed E-state index contributed by atoms with van der Waals surface area (Å²) >= 11 is 0. The van der Waals surface area contributed by atoms with Gasteiger partial charge in [0.2, 0.25) is 0 Å². The van der Waals surface area contributed by atoms with Crippen LogP contribution in [0.15, 0.2) is 12.2 Å². The van der Waals surface area contributed by atoms with Gasteiger partial charge in [0.1, 0.15) is 6.61 Å². The first kappa shape index (κ1) is 21.1. The maximum Gasteiger partial charge on any atom is 0.333 e. The first-order valence-corrected chi connectivity index (χ1v) is 8.46. The zero-order valence-corrected chi connectivity index (χ0v) is 16.0. The molecular weight excluding hydrogens is 310 g/mol. The van der Waals surface area contributed by atoms with Crippen molar-refractivity contribution in [2.45, 2.75) is 64.6 Å². The molecule has 1 fully saturated rings. The molecule has 0 saturated carbocycles. The number of esters is 1. The standard InChI is InChI=1S/C18H33NO5/c1-14(2)16(20)24-11-9-22-8-10-23-15-12-17(3,4)19(21-7)18(5,6)13-15/h15H,1,8-13H2,2-7H3. The van der Waals surface area contributed by atoms with Crippen molar-refractivity contribution in [3.05, 3.63) is 12.2 Å². The predicted molar refractivity (Wildman–Crippen MR) is 92.6 cm³/mol. The van der Waals surface area contributed by atoms with E-state index >= 15 is 0 Å². The second kappa shape index (κ2) is 8.94. The molecule has 0 bridgehead atoms. The van der Waals surface area contributed by atoms with Crippen molar-refractivity contribution in [3.63, 3.8) is 0 Å². The lowest BCUT2D eigenvalue weighted by atomic mass is 9.80. The lowest BCUT2D eigenvalue weighted by molar-refractivity contribution is -0.280. The van der Waals surface area contributed by atoms with E-state index in [4.69, 9.17) is 19.0 Å². The van der Waals surface area contributed by atoms with Gasteiger partial charge in [-0.15, -0.1) is 0 Å². The van der Waals surface area contributed by atoms with Crippen LogP contribution in [0.4, 0.5) is 0 Å². The van der Waals surface area contributed by atoms with Gasteiger partial charge >= 0.3 is 5.97 Å². The topological polar surface area (TPSA) is 57.2 Å². The number of carbonyl (C=O) groups is 1. The van der Waals surface area contributed by atoms with E-state index in [0.29, 0.717) is 25.4 Å². The zero-order chi connectivity index (χ0) is 18.4. The molecule has 0 atom stereocenters. The van der Waals surface area contributed by atoms with E-state index in [9.17, 15) is 4.79 Å². The Hall–Kier alpha value is -0.950. The second-order valence-electron chi connectivity index (χ2n) is 7.53. The van der Waals surface area contributed by atoms with Crippen molar-refractivity contribution in [3.8, 4) is 0 Å². The summed E-state index contributed by atoms with van der Waals surface area (Å²) in [4.78, 5) is 16.8. The average molecular weight is 343 g/mol. The van der Waals surface area contributed by atoms with Crippen molar-refractivity contribution in [1.29, 1.82) is 0 Å². The number of carbonyl (C=O) groups excluding carboxylic acids is 1. The zero-order valence-electron chi connectivity index (χ0n) is 16.0. The molecule has 6 heteroatoms. The fourth-order valence-corrected chi connectivity index (χ4v) is 3.48. The van der Waals surface area contributed by atoms with E-state index in [0.717, 1.165) is 12.8 Å². The highest BCUT2D eigenvalue weighted by Gasteiger charge is 2.46. The van der Waals surface area contributed by atoms with Crippen LogP contribution in [0.25, 0.3) is 0 Å². The van der Waals surface area contributed by atoms with Crippen LogP contribution in [0.3, 0.4) is 0 Å². The highest BCUT2D eigenvalue weighted by atomic mass is 16.7. The minimum Gasteiger partial charge on any atom is -0.460 e. The molecule has 6 nitrogen and oxygen atoms in total. The first-order chi connectivity index (χ1) is 11.1. The number of nitrogens with zero attached hydrogens (tertiary/aromatic N) is 1. The van der Waals surface area contributed by atoms with Crippen molar-refractivity contribution < 1.29 is 23.8 Å². The van der Waals surface area contributed by atoms with Gasteiger partial charge in [-0.1, -0.05) is 6.58 Å². The van der Waals surface area contributed by atoms with Crippen LogP contribution in [0.2, 0.25) is 0 Å². The van der Waals surface area contributed by atoms with Crippen molar-refractivity contribution >= 4 is 5.97 Å². The Morgan fingerprint density at radius 2 is 1.62 bits per heavy atom. The van der Waals surface area contributed by atoms with Gasteiger partial charge in [-0.2, -0.15) is 5.06 Å². The van der Waals surface area contributed by atoms with E-state index in [1.165, 1.54) is 0 Å². The molecule has 0 aromatic heterocycles. The van der Waals surface area contributed by atoms with Gasteiger partial charge in [-0.25, -0.2) is 4.79 Å². The minimum absolute atomic E-state index is 0.0846. The van der Waals surface area contributed by atoms with E-state index in [-0.39, 0.29) is 29.8 Å². The van der Waals surface area contributed by atoms with Gasteiger partial charge in [-0.05, 0) is 47.5 Å². The lowest BCUT2D eigenvalue weighted by Gasteiger charge is -2.53.